The quantitative estimate of drug-likeness (QED) is 0.228. The Bertz CT molecular complexity index is 219. The molecule has 0 rings (SSSR count). The predicted octanol–water partition coefficient (Wildman–Crippen LogP) is 5.86. The van der Waals surface area contributed by atoms with E-state index in [1.807, 2.05) is 6.92 Å². The van der Waals surface area contributed by atoms with Crippen LogP contribution in [0.3, 0.4) is 0 Å². The molecule has 0 aliphatic heterocycles. The summed E-state index contributed by atoms with van der Waals surface area (Å²) in [4.78, 5) is 11.0. The lowest BCUT2D eigenvalue weighted by Crippen LogP contribution is -2.15. The third kappa shape index (κ3) is 14.2. The molecule has 0 saturated carbocycles. The van der Waals surface area contributed by atoms with Gasteiger partial charge in [-0.25, -0.2) is 0 Å². The molecule has 2 nitrogen and oxygen atoms in total. The third-order valence-electron chi connectivity index (χ3n) is 3.66. The molecule has 0 aromatic carbocycles. The van der Waals surface area contributed by atoms with Gasteiger partial charge in [-0.15, -0.1) is 11.6 Å². The fourth-order valence-corrected chi connectivity index (χ4v) is 2.47. The molecule has 0 N–H and O–H groups in total. The van der Waals surface area contributed by atoms with Crippen molar-refractivity contribution in [3.8, 4) is 0 Å². The zero-order valence-electron chi connectivity index (χ0n) is 13.5. The van der Waals surface area contributed by atoms with E-state index in [9.17, 15) is 4.79 Å². The monoisotopic (exact) mass is 304 g/mol. The van der Waals surface area contributed by atoms with Gasteiger partial charge in [0.2, 0.25) is 0 Å². The smallest absolute Gasteiger partial charge is 0.321 e. The van der Waals surface area contributed by atoms with Gasteiger partial charge >= 0.3 is 5.97 Å². The Morgan fingerprint density at radius 1 is 0.900 bits per heavy atom. The van der Waals surface area contributed by atoms with E-state index in [0.717, 1.165) is 12.8 Å². The Balaban J connectivity index is 3.14. The van der Waals surface area contributed by atoms with Crippen molar-refractivity contribution < 1.29 is 9.53 Å². The molecule has 3 heteroatoms. The van der Waals surface area contributed by atoms with Gasteiger partial charge in [-0.3, -0.25) is 4.79 Å². The van der Waals surface area contributed by atoms with Gasteiger partial charge in [0.05, 0.1) is 6.10 Å². The van der Waals surface area contributed by atoms with Crippen LogP contribution < -0.4 is 0 Å². The van der Waals surface area contributed by atoms with Crippen LogP contribution in [0.15, 0.2) is 0 Å². The summed E-state index contributed by atoms with van der Waals surface area (Å²) in [6, 6.07) is 0. The molecule has 0 aliphatic carbocycles. The number of ether oxygens (including phenoxy) is 1. The van der Waals surface area contributed by atoms with Crippen molar-refractivity contribution in [1.82, 2.24) is 0 Å². The summed E-state index contributed by atoms with van der Waals surface area (Å²) in [5, 5.41) is 0. The van der Waals surface area contributed by atoms with E-state index >= 15 is 0 Å². The summed E-state index contributed by atoms with van der Waals surface area (Å²) < 4.78 is 5.12. The molecule has 20 heavy (non-hydrogen) atoms. The Morgan fingerprint density at radius 2 is 1.35 bits per heavy atom. The van der Waals surface area contributed by atoms with Gasteiger partial charge in [0.1, 0.15) is 5.88 Å². The molecule has 0 amide bonds. The highest BCUT2D eigenvalue weighted by Crippen LogP contribution is 2.13. The lowest BCUT2D eigenvalue weighted by molar-refractivity contribution is -0.145. The van der Waals surface area contributed by atoms with Gasteiger partial charge in [-0.05, 0) is 19.8 Å². The van der Waals surface area contributed by atoms with Gasteiger partial charge in [0.25, 0.3) is 0 Å². The summed E-state index contributed by atoms with van der Waals surface area (Å²) in [5.41, 5.74) is 0. The van der Waals surface area contributed by atoms with Gasteiger partial charge in [0.15, 0.2) is 0 Å². The molecular formula is C17H33ClO2. The van der Waals surface area contributed by atoms with Crippen molar-refractivity contribution in [3.63, 3.8) is 0 Å². The van der Waals surface area contributed by atoms with Crippen LogP contribution in [0.1, 0.15) is 90.9 Å². The Labute approximate surface area is 130 Å². The zero-order chi connectivity index (χ0) is 15.1. The van der Waals surface area contributed by atoms with Crippen LogP contribution in [0.2, 0.25) is 0 Å². The standard InChI is InChI=1S/C17H33ClO2/c1-3-4-5-6-7-8-9-10-11-12-13-14-16(2)20-17(19)15-18/h16H,3-15H2,1-2H3. The molecule has 0 aromatic rings. The number of hydrogen-bond acceptors (Lipinski definition) is 2. The van der Waals surface area contributed by atoms with E-state index in [1.165, 1.54) is 64.2 Å². The third-order valence-corrected chi connectivity index (χ3v) is 3.87. The minimum Gasteiger partial charge on any atom is -0.462 e. The van der Waals surface area contributed by atoms with E-state index in [2.05, 4.69) is 6.92 Å². The van der Waals surface area contributed by atoms with E-state index in [-0.39, 0.29) is 18.0 Å². The summed E-state index contributed by atoms with van der Waals surface area (Å²) in [6.45, 7) is 4.21. The average molecular weight is 305 g/mol. The van der Waals surface area contributed by atoms with Crippen LogP contribution in [0.4, 0.5) is 0 Å². The molecule has 0 spiro atoms. The number of carbonyl (C=O) groups is 1. The predicted molar refractivity (Wildman–Crippen MR) is 87.4 cm³/mol. The highest BCUT2D eigenvalue weighted by molar-refractivity contribution is 6.26. The number of carbonyl (C=O) groups excluding carboxylic acids is 1. The van der Waals surface area contributed by atoms with Crippen molar-refractivity contribution in [2.75, 3.05) is 5.88 Å². The maximum absolute atomic E-state index is 11.0. The van der Waals surface area contributed by atoms with Gasteiger partial charge in [0, 0.05) is 0 Å². The van der Waals surface area contributed by atoms with Gasteiger partial charge in [-0.2, -0.15) is 0 Å². The van der Waals surface area contributed by atoms with Crippen LogP contribution in [0, 0.1) is 0 Å². The highest BCUT2D eigenvalue weighted by atomic mass is 35.5. The topological polar surface area (TPSA) is 26.3 Å². The number of halogens is 1. The first-order valence-electron chi connectivity index (χ1n) is 8.46. The first-order valence-corrected chi connectivity index (χ1v) is 8.99. The first kappa shape index (κ1) is 19.8. The minimum absolute atomic E-state index is 0.0137. The number of esters is 1. The lowest BCUT2D eigenvalue weighted by atomic mass is 10.0. The van der Waals surface area contributed by atoms with Crippen molar-refractivity contribution >= 4 is 17.6 Å². The fraction of sp³-hybridized carbons (Fsp3) is 0.941. The largest absolute Gasteiger partial charge is 0.462 e. The molecule has 1 unspecified atom stereocenters. The van der Waals surface area contributed by atoms with Crippen molar-refractivity contribution in [2.24, 2.45) is 0 Å². The maximum Gasteiger partial charge on any atom is 0.321 e. The normalized spacial score (nSPS) is 12.3. The second kappa shape index (κ2) is 15.2. The van der Waals surface area contributed by atoms with Crippen LogP contribution in [0.25, 0.3) is 0 Å². The second-order valence-corrected chi connectivity index (χ2v) is 6.03. The van der Waals surface area contributed by atoms with E-state index in [0.29, 0.717) is 0 Å². The van der Waals surface area contributed by atoms with Crippen LogP contribution >= 0.6 is 11.6 Å². The van der Waals surface area contributed by atoms with Crippen LogP contribution in [-0.4, -0.2) is 18.0 Å². The molecule has 1 atom stereocenters. The molecule has 0 bridgehead atoms. The number of unbranched alkanes of at least 4 members (excludes halogenated alkanes) is 10. The van der Waals surface area contributed by atoms with Crippen LogP contribution in [-0.2, 0) is 9.53 Å². The Hall–Kier alpha value is -0.240. The van der Waals surface area contributed by atoms with Crippen molar-refractivity contribution in [1.29, 1.82) is 0 Å². The van der Waals surface area contributed by atoms with Gasteiger partial charge < -0.3 is 4.74 Å². The number of rotatable bonds is 14. The number of alkyl halides is 1. The van der Waals surface area contributed by atoms with Gasteiger partial charge in [-0.1, -0.05) is 71.1 Å². The molecular weight excluding hydrogens is 272 g/mol. The maximum atomic E-state index is 11.0. The summed E-state index contributed by atoms with van der Waals surface area (Å²) >= 11 is 5.39. The molecule has 120 valence electrons. The molecule has 0 fully saturated rings. The van der Waals surface area contributed by atoms with E-state index < -0.39 is 0 Å². The summed E-state index contributed by atoms with van der Waals surface area (Å²) in [7, 11) is 0. The average Bonchev–Trinajstić information content (AvgIpc) is 2.44. The SMILES string of the molecule is CCCCCCCCCCCCCC(C)OC(=O)CCl. The van der Waals surface area contributed by atoms with E-state index in [4.69, 9.17) is 16.3 Å². The summed E-state index contributed by atoms with van der Waals surface area (Å²) in [5.74, 6) is -0.343. The molecule has 0 aromatic heterocycles. The molecule has 0 saturated heterocycles. The van der Waals surface area contributed by atoms with Crippen LogP contribution in [0.5, 0.6) is 0 Å². The highest BCUT2D eigenvalue weighted by Gasteiger charge is 2.07. The molecule has 0 radical (unpaired) electrons. The Morgan fingerprint density at radius 3 is 1.80 bits per heavy atom. The summed E-state index contributed by atoms with van der Waals surface area (Å²) in [6.07, 6.45) is 15.8. The minimum atomic E-state index is -0.303. The first-order chi connectivity index (χ1) is 9.70. The molecule has 0 heterocycles. The fourth-order valence-electron chi connectivity index (χ4n) is 2.41. The lowest BCUT2D eigenvalue weighted by Gasteiger charge is -2.11. The van der Waals surface area contributed by atoms with Crippen molar-refractivity contribution in [2.45, 2.75) is 97.0 Å². The second-order valence-electron chi connectivity index (χ2n) is 5.76. The Kier molecular flexibility index (Phi) is 15.0. The zero-order valence-corrected chi connectivity index (χ0v) is 14.2. The number of hydrogen-bond donors (Lipinski definition) is 0. The molecule has 0 aliphatic rings. The van der Waals surface area contributed by atoms with Crippen molar-refractivity contribution in [3.05, 3.63) is 0 Å². The van der Waals surface area contributed by atoms with E-state index in [1.54, 1.807) is 0 Å².